The van der Waals surface area contributed by atoms with Gasteiger partial charge in [0.1, 0.15) is 11.8 Å². The molecule has 0 saturated heterocycles. The van der Waals surface area contributed by atoms with E-state index < -0.39 is 22.0 Å². The second kappa shape index (κ2) is 8.65. The van der Waals surface area contributed by atoms with E-state index in [2.05, 4.69) is 5.32 Å². The highest BCUT2D eigenvalue weighted by atomic mass is 32.2. The Kier molecular flexibility index (Phi) is 6.72. The van der Waals surface area contributed by atoms with Crippen LogP contribution in [0.5, 0.6) is 5.75 Å². The van der Waals surface area contributed by atoms with Gasteiger partial charge in [0.05, 0.1) is 24.7 Å². The zero-order valence-electron chi connectivity index (χ0n) is 17.2. The fourth-order valence-corrected chi connectivity index (χ4v) is 4.26. The van der Waals surface area contributed by atoms with E-state index in [1.165, 1.54) is 11.4 Å². The van der Waals surface area contributed by atoms with Gasteiger partial charge in [-0.25, -0.2) is 8.42 Å². The van der Waals surface area contributed by atoms with Crippen molar-refractivity contribution in [2.24, 2.45) is 0 Å². The van der Waals surface area contributed by atoms with Gasteiger partial charge in [-0.1, -0.05) is 19.1 Å². The second-order valence-corrected chi connectivity index (χ2v) is 8.80. The van der Waals surface area contributed by atoms with Crippen molar-refractivity contribution in [2.75, 3.05) is 23.0 Å². The fourth-order valence-electron chi connectivity index (χ4n) is 3.06. The summed E-state index contributed by atoms with van der Waals surface area (Å²) >= 11 is 0. The average Bonchev–Trinajstić information content (AvgIpc) is 2.61. The Labute approximate surface area is 167 Å². The Morgan fingerprint density at radius 2 is 1.79 bits per heavy atom. The number of methoxy groups -OCH3 is 1. The van der Waals surface area contributed by atoms with E-state index in [1.54, 1.807) is 31.2 Å². The maximum Gasteiger partial charge on any atom is 0.248 e. The summed E-state index contributed by atoms with van der Waals surface area (Å²) in [7, 11) is -2.16. The molecule has 0 fully saturated rings. The van der Waals surface area contributed by atoms with Crippen molar-refractivity contribution < 1.29 is 17.9 Å². The van der Waals surface area contributed by atoms with Crippen LogP contribution in [0.1, 0.15) is 30.0 Å². The van der Waals surface area contributed by atoms with Gasteiger partial charge in [-0.2, -0.15) is 0 Å². The molecule has 1 unspecified atom stereocenters. The molecule has 0 radical (unpaired) electrons. The molecule has 1 N–H and O–H groups in total. The third kappa shape index (κ3) is 4.84. The first-order chi connectivity index (χ1) is 13.1. The predicted molar refractivity (Wildman–Crippen MR) is 114 cm³/mol. The van der Waals surface area contributed by atoms with E-state index in [0.717, 1.165) is 22.9 Å². The Morgan fingerprint density at radius 3 is 2.32 bits per heavy atom. The van der Waals surface area contributed by atoms with E-state index in [-0.39, 0.29) is 0 Å². The number of nitrogens with one attached hydrogen (secondary N) is 1. The Hall–Kier alpha value is -2.54. The molecule has 7 heteroatoms. The second-order valence-electron chi connectivity index (χ2n) is 6.94. The van der Waals surface area contributed by atoms with Gasteiger partial charge < -0.3 is 10.1 Å². The summed E-state index contributed by atoms with van der Waals surface area (Å²) in [5, 5.41) is 2.83. The smallest absolute Gasteiger partial charge is 0.248 e. The lowest BCUT2D eigenvalue weighted by Gasteiger charge is -2.30. The molecule has 0 aliphatic rings. The molecular weight excluding hydrogens is 376 g/mol. The normalized spacial score (nSPS) is 12.4. The van der Waals surface area contributed by atoms with Crippen LogP contribution >= 0.6 is 0 Å². The van der Waals surface area contributed by atoms with Crippen LogP contribution < -0.4 is 14.4 Å². The van der Waals surface area contributed by atoms with E-state index in [4.69, 9.17) is 4.74 Å². The van der Waals surface area contributed by atoms with Crippen molar-refractivity contribution >= 4 is 27.3 Å². The monoisotopic (exact) mass is 404 g/mol. The molecule has 0 bridgehead atoms. The van der Waals surface area contributed by atoms with Crippen molar-refractivity contribution in [2.45, 2.75) is 40.2 Å². The van der Waals surface area contributed by atoms with Gasteiger partial charge in [0.15, 0.2) is 0 Å². The summed E-state index contributed by atoms with van der Waals surface area (Å²) in [5.74, 6) is 0.112. The Balaban J connectivity index is 2.45. The van der Waals surface area contributed by atoms with Crippen LogP contribution in [0.4, 0.5) is 11.4 Å². The molecule has 2 aromatic rings. The molecule has 6 nitrogen and oxygen atoms in total. The average molecular weight is 405 g/mol. The lowest BCUT2D eigenvalue weighted by Crippen LogP contribution is -2.47. The van der Waals surface area contributed by atoms with Gasteiger partial charge >= 0.3 is 0 Å². The van der Waals surface area contributed by atoms with E-state index >= 15 is 0 Å². The van der Waals surface area contributed by atoms with Gasteiger partial charge in [0.25, 0.3) is 0 Å². The number of amides is 1. The molecule has 152 valence electrons. The minimum absolute atomic E-state index is 0.319. The molecule has 1 amide bonds. The zero-order chi connectivity index (χ0) is 21.1. The third-order valence-electron chi connectivity index (χ3n) is 4.69. The molecule has 0 aliphatic carbocycles. The minimum Gasteiger partial charge on any atom is -0.495 e. The molecule has 0 aromatic heterocycles. The van der Waals surface area contributed by atoms with E-state index in [9.17, 15) is 13.2 Å². The van der Waals surface area contributed by atoms with Crippen LogP contribution in [0.3, 0.4) is 0 Å². The number of benzene rings is 2. The van der Waals surface area contributed by atoms with E-state index in [0.29, 0.717) is 23.5 Å². The van der Waals surface area contributed by atoms with Gasteiger partial charge in [0, 0.05) is 0 Å². The number of aryl methyl sites for hydroxylation is 3. The first kappa shape index (κ1) is 21.8. The van der Waals surface area contributed by atoms with E-state index in [1.807, 2.05) is 32.9 Å². The third-order valence-corrected chi connectivity index (χ3v) is 5.87. The van der Waals surface area contributed by atoms with Crippen molar-refractivity contribution in [1.29, 1.82) is 0 Å². The highest BCUT2D eigenvalue weighted by molar-refractivity contribution is 7.92. The van der Waals surface area contributed by atoms with Crippen molar-refractivity contribution in [3.8, 4) is 5.75 Å². The van der Waals surface area contributed by atoms with Gasteiger partial charge in [-0.15, -0.1) is 0 Å². The highest BCUT2D eigenvalue weighted by Gasteiger charge is 2.32. The number of rotatable bonds is 7. The predicted octanol–water partition coefficient (Wildman–Crippen LogP) is 3.80. The number of nitrogens with zero attached hydrogens (tertiary/aromatic N) is 1. The highest BCUT2D eigenvalue weighted by Crippen LogP contribution is 2.28. The lowest BCUT2D eigenvalue weighted by molar-refractivity contribution is -0.117. The number of sulfonamides is 1. The molecule has 0 spiro atoms. The summed E-state index contributed by atoms with van der Waals surface area (Å²) < 4.78 is 31.7. The summed E-state index contributed by atoms with van der Waals surface area (Å²) in [6.07, 6.45) is 1.44. The molecule has 1 atom stereocenters. The molecular formula is C21H28N2O4S. The van der Waals surface area contributed by atoms with Crippen LogP contribution in [0.15, 0.2) is 36.4 Å². The first-order valence-electron chi connectivity index (χ1n) is 9.10. The molecule has 2 rings (SSSR count). The molecule has 0 saturated carbocycles. The van der Waals surface area contributed by atoms with Crippen LogP contribution in [0.25, 0.3) is 0 Å². The summed E-state index contributed by atoms with van der Waals surface area (Å²) in [6, 6.07) is 9.93. The number of ether oxygens (including phenoxy) is 1. The lowest BCUT2D eigenvalue weighted by atomic mass is 10.1. The SMILES string of the molecule is CCC(C(=O)Nc1cc(C)ccc1OC)N(c1ccc(C)c(C)c1)S(C)(=O)=O. The molecule has 2 aromatic carbocycles. The fraction of sp³-hybridized carbons (Fsp3) is 0.381. The number of carbonyl (C=O) groups excluding carboxylic acids is 1. The van der Waals surface area contributed by atoms with Crippen LogP contribution in [-0.4, -0.2) is 33.7 Å². The minimum atomic E-state index is -3.68. The Bertz CT molecular complexity index is 970. The van der Waals surface area contributed by atoms with Crippen molar-refractivity contribution in [3.63, 3.8) is 0 Å². The van der Waals surface area contributed by atoms with Gasteiger partial charge in [0.2, 0.25) is 15.9 Å². The van der Waals surface area contributed by atoms with Gasteiger partial charge in [-0.3, -0.25) is 9.10 Å². The summed E-state index contributed by atoms with van der Waals surface area (Å²) in [5.41, 5.74) is 3.96. The first-order valence-corrected chi connectivity index (χ1v) is 11.0. The number of hydrogen-bond donors (Lipinski definition) is 1. The maximum atomic E-state index is 13.1. The zero-order valence-corrected chi connectivity index (χ0v) is 18.1. The summed E-state index contributed by atoms with van der Waals surface area (Å²) in [6.45, 7) is 7.57. The van der Waals surface area contributed by atoms with Gasteiger partial charge in [-0.05, 0) is 68.1 Å². The topological polar surface area (TPSA) is 75.7 Å². The molecule has 0 aliphatic heterocycles. The molecule has 0 heterocycles. The molecule has 28 heavy (non-hydrogen) atoms. The quantitative estimate of drug-likeness (QED) is 0.761. The van der Waals surface area contributed by atoms with Crippen LogP contribution in [-0.2, 0) is 14.8 Å². The van der Waals surface area contributed by atoms with Crippen molar-refractivity contribution in [3.05, 3.63) is 53.1 Å². The number of hydrogen-bond acceptors (Lipinski definition) is 4. The Morgan fingerprint density at radius 1 is 1.11 bits per heavy atom. The summed E-state index contributed by atoms with van der Waals surface area (Å²) in [4.78, 5) is 13.1. The van der Waals surface area contributed by atoms with Crippen LogP contribution in [0, 0.1) is 20.8 Å². The maximum absolute atomic E-state index is 13.1. The largest absolute Gasteiger partial charge is 0.495 e. The van der Waals surface area contributed by atoms with Crippen molar-refractivity contribution in [1.82, 2.24) is 0 Å². The number of anilines is 2. The standard InChI is InChI=1S/C21H28N2O4S/c1-7-19(21(24)22-18-12-14(2)8-11-20(18)27-5)23(28(6,25)26)17-10-9-15(3)16(4)13-17/h8-13,19H,7H2,1-6H3,(H,22,24). The van der Waals surface area contributed by atoms with Crippen LogP contribution in [0.2, 0.25) is 0 Å². The number of carbonyl (C=O) groups is 1.